The van der Waals surface area contributed by atoms with E-state index in [1.165, 1.54) is 0 Å². The highest BCUT2D eigenvalue weighted by Gasteiger charge is 2.22. The molecule has 96 valence electrons. The maximum absolute atomic E-state index is 12.1. The first-order valence-electron chi connectivity index (χ1n) is 6.24. The molecule has 1 N–H and O–H groups in total. The van der Waals surface area contributed by atoms with Gasteiger partial charge in [0.2, 0.25) is 0 Å². The summed E-state index contributed by atoms with van der Waals surface area (Å²) in [6.45, 7) is 2.06. The Morgan fingerprint density at radius 3 is 2.78 bits per heavy atom. The van der Waals surface area contributed by atoms with E-state index < -0.39 is 0 Å². The van der Waals surface area contributed by atoms with E-state index in [0.29, 0.717) is 5.02 Å². The third-order valence-corrected chi connectivity index (χ3v) is 4.07. The molecule has 0 spiro atoms. The van der Waals surface area contributed by atoms with E-state index in [4.69, 9.17) is 11.6 Å². The van der Waals surface area contributed by atoms with Crippen LogP contribution in [0.1, 0.15) is 18.9 Å². The van der Waals surface area contributed by atoms with Crippen LogP contribution >= 0.6 is 11.6 Å². The largest absolute Gasteiger partial charge is 0.326 e. The van der Waals surface area contributed by atoms with Gasteiger partial charge in [0, 0.05) is 6.04 Å². The van der Waals surface area contributed by atoms with Gasteiger partial charge in [-0.15, -0.1) is 0 Å². The molecular weight excluding hydrogens is 250 g/mol. The van der Waals surface area contributed by atoms with Gasteiger partial charge >= 0.3 is 5.69 Å². The van der Waals surface area contributed by atoms with Crippen molar-refractivity contribution in [1.82, 2.24) is 14.5 Å². The summed E-state index contributed by atoms with van der Waals surface area (Å²) in [4.78, 5) is 17.3. The van der Waals surface area contributed by atoms with Crippen LogP contribution in [0.2, 0.25) is 5.02 Å². The molecule has 18 heavy (non-hydrogen) atoms. The van der Waals surface area contributed by atoms with E-state index in [1.54, 1.807) is 6.07 Å². The number of H-pyrrole nitrogens is 1. The van der Waals surface area contributed by atoms with Crippen molar-refractivity contribution in [3.63, 3.8) is 0 Å². The molecule has 0 radical (unpaired) electrons. The fourth-order valence-corrected chi connectivity index (χ4v) is 2.95. The topological polar surface area (TPSA) is 41.0 Å². The van der Waals surface area contributed by atoms with Crippen molar-refractivity contribution in [2.75, 3.05) is 20.1 Å². The highest BCUT2D eigenvalue weighted by molar-refractivity contribution is 6.34. The van der Waals surface area contributed by atoms with Crippen molar-refractivity contribution in [3.8, 4) is 0 Å². The molecule has 0 aliphatic carbocycles. The molecule has 0 saturated carbocycles. The van der Waals surface area contributed by atoms with Gasteiger partial charge < -0.3 is 9.88 Å². The molecule has 4 nitrogen and oxygen atoms in total. The molecule has 0 amide bonds. The SMILES string of the molecule is CN1CCC(n2c(=O)[nH]c3c(Cl)cccc32)CC1. The van der Waals surface area contributed by atoms with Crippen molar-refractivity contribution >= 4 is 22.6 Å². The lowest BCUT2D eigenvalue weighted by molar-refractivity contribution is 0.221. The Bertz CT molecular complexity index is 623. The first-order valence-corrected chi connectivity index (χ1v) is 6.62. The lowest BCUT2D eigenvalue weighted by Crippen LogP contribution is -2.34. The number of piperidine rings is 1. The zero-order chi connectivity index (χ0) is 12.7. The summed E-state index contributed by atoms with van der Waals surface area (Å²) in [5.41, 5.74) is 1.62. The van der Waals surface area contributed by atoms with Gasteiger partial charge in [0.1, 0.15) is 0 Å². The van der Waals surface area contributed by atoms with Crippen molar-refractivity contribution in [1.29, 1.82) is 0 Å². The van der Waals surface area contributed by atoms with Gasteiger partial charge in [-0.2, -0.15) is 0 Å². The average molecular weight is 266 g/mol. The van der Waals surface area contributed by atoms with E-state index in [0.717, 1.165) is 37.0 Å². The van der Waals surface area contributed by atoms with Gasteiger partial charge in [0.05, 0.1) is 16.1 Å². The summed E-state index contributed by atoms with van der Waals surface area (Å²) in [6, 6.07) is 5.93. The van der Waals surface area contributed by atoms with Gasteiger partial charge in [-0.3, -0.25) is 4.57 Å². The van der Waals surface area contributed by atoms with Crippen LogP contribution in [0.4, 0.5) is 0 Å². The molecule has 2 aromatic rings. The van der Waals surface area contributed by atoms with E-state index in [1.807, 2.05) is 16.7 Å². The van der Waals surface area contributed by atoms with Crippen LogP contribution in [-0.2, 0) is 0 Å². The van der Waals surface area contributed by atoms with Crippen LogP contribution in [0.3, 0.4) is 0 Å². The number of likely N-dealkylation sites (tertiary alicyclic amines) is 1. The fourth-order valence-electron chi connectivity index (χ4n) is 2.73. The molecule has 0 bridgehead atoms. The number of nitrogens with one attached hydrogen (secondary N) is 1. The Kier molecular flexibility index (Phi) is 2.92. The zero-order valence-electron chi connectivity index (χ0n) is 10.3. The number of benzene rings is 1. The molecule has 2 heterocycles. The highest BCUT2D eigenvalue weighted by atomic mass is 35.5. The average Bonchev–Trinajstić information content (AvgIpc) is 2.69. The van der Waals surface area contributed by atoms with Crippen molar-refractivity contribution < 1.29 is 0 Å². The van der Waals surface area contributed by atoms with E-state index in [-0.39, 0.29) is 11.7 Å². The molecule has 1 aliphatic rings. The quantitative estimate of drug-likeness (QED) is 0.859. The Balaban J connectivity index is 2.09. The summed E-state index contributed by atoms with van der Waals surface area (Å²) in [7, 11) is 2.12. The minimum absolute atomic E-state index is 0.0485. The molecule has 5 heteroatoms. The number of halogens is 1. The second kappa shape index (κ2) is 4.44. The third kappa shape index (κ3) is 1.85. The summed E-state index contributed by atoms with van der Waals surface area (Å²) in [5.74, 6) is 0. The molecule has 1 aliphatic heterocycles. The Morgan fingerprint density at radius 2 is 2.06 bits per heavy atom. The van der Waals surface area contributed by atoms with Gasteiger partial charge in [-0.1, -0.05) is 17.7 Å². The molecule has 1 saturated heterocycles. The van der Waals surface area contributed by atoms with Gasteiger partial charge in [-0.05, 0) is 45.1 Å². The maximum Gasteiger partial charge on any atom is 0.326 e. The maximum atomic E-state index is 12.1. The first kappa shape index (κ1) is 11.8. The summed E-state index contributed by atoms with van der Waals surface area (Å²) in [6.07, 6.45) is 2.02. The number of hydrogen-bond acceptors (Lipinski definition) is 2. The number of rotatable bonds is 1. The predicted octanol–water partition coefficient (Wildman–Crippen LogP) is 2.25. The molecule has 1 aromatic carbocycles. The second-order valence-electron chi connectivity index (χ2n) is 4.97. The monoisotopic (exact) mass is 265 g/mol. The van der Waals surface area contributed by atoms with Gasteiger partial charge in [0.25, 0.3) is 0 Å². The third-order valence-electron chi connectivity index (χ3n) is 3.76. The van der Waals surface area contributed by atoms with Crippen LogP contribution in [0.15, 0.2) is 23.0 Å². The lowest BCUT2D eigenvalue weighted by Gasteiger charge is -2.29. The van der Waals surface area contributed by atoms with Crippen molar-refractivity contribution in [2.24, 2.45) is 0 Å². The molecule has 1 aromatic heterocycles. The lowest BCUT2D eigenvalue weighted by atomic mass is 10.1. The van der Waals surface area contributed by atoms with E-state index in [2.05, 4.69) is 16.9 Å². The van der Waals surface area contributed by atoms with Gasteiger partial charge in [0.15, 0.2) is 0 Å². The van der Waals surface area contributed by atoms with Crippen LogP contribution in [-0.4, -0.2) is 34.6 Å². The standard InChI is InChI=1S/C13H16ClN3O/c1-16-7-5-9(6-8-16)17-11-4-2-3-10(14)12(11)15-13(17)18/h2-4,9H,5-8H2,1H3,(H,15,18). The van der Waals surface area contributed by atoms with E-state index in [9.17, 15) is 4.79 Å². The smallest absolute Gasteiger partial charge is 0.306 e. The summed E-state index contributed by atoms with van der Waals surface area (Å²) >= 11 is 6.11. The number of hydrogen-bond donors (Lipinski definition) is 1. The van der Waals surface area contributed by atoms with E-state index >= 15 is 0 Å². The number of fused-ring (bicyclic) bond motifs is 1. The number of para-hydroxylation sites is 1. The van der Waals surface area contributed by atoms with Crippen LogP contribution in [0.25, 0.3) is 11.0 Å². The Labute approximate surface area is 110 Å². The number of aromatic amines is 1. The normalized spacial score (nSPS) is 18.6. The van der Waals surface area contributed by atoms with Crippen molar-refractivity contribution in [3.05, 3.63) is 33.7 Å². The minimum Gasteiger partial charge on any atom is -0.306 e. The Hall–Kier alpha value is -1.26. The minimum atomic E-state index is -0.0485. The molecule has 1 fully saturated rings. The summed E-state index contributed by atoms with van der Waals surface area (Å²) in [5, 5.41) is 0.608. The predicted molar refractivity (Wildman–Crippen MR) is 73.3 cm³/mol. The second-order valence-corrected chi connectivity index (χ2v) is 5.38. The fraction of sp³-hybridized carbons (Fsp3) is 0.462. The molecule has 0 atom stereocenters. The summed E-state index contributed by atoms with van der Waals surface area (Å²) < 4.78 is 1.87. The molecule has 0 unspecified atom stereocenters. The van der Waals surface area contributed by atoms with Crippen LogP contribution in [0.5, 0.6) is 0 Å². The highest BCUT2D eigenvalue weighted by Crippen LogP contribution is 2.26. The zero-order valence-corrected chi connectivity index (χ0v) is 11.1. The van der Waals surface area contributed by atoms with Crippen LogP contribution in [0, 0.1) is 0 Å². The Morgan fingerprint density at radius 1 is 1.33 bits per heavy atom. The van der Waals surface area contributed by atoms with Crippen molar-refractivity contribution in [2.45, 2.75) is 18.9 Å². The number of aromatic nitrogens is 2. The van der Waals surface area contributed by atoms with Gasteiger partial charge in [-0.25, -0.2) is 4.79 Å². The van der Waals surface area contributed by atoms with Crippen LogP contribution < -0.4 is 5.69 Å². The molecule has 3 rings (SSSR count). The number of imidazole rings is 1. The first-order chi connectivity index (χ1) is 8.66. The number of nitrogens with zero attached hydrogens (tertiary/aromatic N) is 2. The molecular formula is C13H16ClN3O.